The zero-order valence-electron chi connectivity index (χ0n) is 10.8. The minimum atomic E-state index is -0.193. The third-order valence-corrected chi connectivity index (χ3v) is 3.97. The molecule has 0 saturated carbocycles. The van der Waals surface area contributed by atoms with Crippen LogP contribution in [0.3, 0.4) is 0 Å². The van der Waals surface area contributed by atoms with E-state index in [-0.39, 0.29) is 18.0 Å². The molecule has 1 aliphatic heterocycles. The summed E-state index contributed by atoms with van der Waals surface area (Å²) in [6.45, 7) is 6.60. The first-order valence-corrected chi connectivity index (χ1v) is 7.08. The van der Waals surface area contributed by atoms with Crippen molar-refractivity contribution < 1.29 is 9.53 Å². The predicted octanol–water partition coefficient (Wildman–Crippen LogP) is 1.04. The number of morpholine rings is 1. The van der Waals surface area contributed by atoms with Crippen LogP contribution in [0.15, 0.2) is 11.6 Å². The zero-order valence-corrected chi connectivity index (χ0v) is 11.6. The number of rotatable bonds is 4. The number of thiazole rings is 1. The van der Waals surface area contributed by atoms with E-state index in [1.54, 1.807) is 17.5 Å². The molecule has 1 saturated heterocycles. The predicted molar refractivity (Wildman–Crippen MR) is 70.5 cm³/mol. The van der Waals surface area contributed by atoms with E-state index in [1.807, 2.05) is 24.1 Å². The van der Waals surface area contributed by atoms with E-state index in [1.165, 1.54) is 0 Å². The maximum atomic E-state index is 12.2. The molecule has 100 valence electrons. The van der Waals surface area contributed by atoms with Gasteiger partial charge in [0, 0.05) is 24.7 Å². The van der Waals surface area contributed by atoms with Crippen LogP contribution in [-0.4, -0.2) is 48.1 Å². The molecule has 1 fully saturated rings. The molecular formula is C12H19N3O2S. The van der Waals surface area contributed by atoms with Gasteiger partial charge in [-0.1, -0.05) is 0 Å². The first-order valence-electron chi connectivity index (χ1n) is 6.20. The van der Waals surface area contributed by atoms with E-state index in [0.29, 0.717) is 26.3 Å². The van der Waals surface area contributed by atoms with Crippen molar-refractivity contribution in [3.63, 3.8) is 0 Å². The molecule has 1 amide bonds. The number of hydrogen-bond donors (Lipinski definition) is 1. The molecule has 6 heteroatoms. The number of ether oxygens (including phenoxy) is 1. The Labute approximate surface area is 111 Å². The second kappa shape index (κ2) is 6.26. The molecule has 2 heterocycles. The number of amides is 1. The summed E-state index contributed by atoms with van der Waals surface area (Å²) in [6.07, 6.45) is 1.78. The van der Waals surface area contributed by atoms with Crippen molar-refractivity contribution in [2.75, 3.05) is 26.3 Å². The molecule has 0 spiro atoms. The van der Waals surface area contributed by atoms with Gasteiger partial charge in [-0.3, -0.25) is 10.1 Å². The maximum Gasteiger partial charge on any atom is 0.239 e. The largest absolute Gasteiger partial charge is 0.378 e. The highest BCUT2D eigenvalue weighted by Gasteiger charge is 2.24. The lowest BCUT2D eigenvalue weighted by molar-refractivity contribution is -0.137. The molecule has 0 aromatic carbocycles. The van der Waals surface area contributed by atoms with Crippen LogP contribution in [0, 0.1) is 0 Å². The van der Waals surface area contributed by atoms with Gasteiger partial charge in [-0.15, -0.1) is 11.3 Å². The maximum absolute atomic E-state index is 12.2. The van der Waals surface area contributed by atoms with Crippen molar-refractivity contribution in [2.24, 2.45) is 0 Å². The van der Waals surface area contributed by atoms with E-state index < -0.39 is 0 Å². The lowest BCUT2D eigenvalue weighted by atomic mass is 10.2. The van der Waals surface area contributed by atoms with Gasteiger partial charge in [0.05, 0.1) is 25.3 Å². The number of nitrogens with zero attached hydrogens (tertiary/aromatic N) is 2. The van der Waals surface area contributed by atoms with Crippen molar-refractivity contribution in [1.29, 1.82) is 0 Å². The quantitative estimate of drug-likeness (QED) is 0.887. The topological polar surface area (TPSA) is 54.5 Å². The van der Waals surface area contributed by atoms with Gasteiger partial charge in [0.15, 0.2) is 0 Å². The molecule has 0 aliphatic carbocycles. The monoisotopic (exact) mass is 269 g/mol. The number of nitrogens with one attached hydrogen (secondary N) is 1. The summed E-state index contributed by atoms with van der Waals surface area (Å²) >= 11 is 1.60. The lowest BCUT2D eigenvalue weighted by Crippen LogP contribution is -2.49. The van der Waals surface area contributed by atoms with Crippen LogP contribution in [0.1, 0.15) is 24.9 Å². The Hall–Kier alpha value is -0.980. The molecule has 1 aromatic heterocycles. The molecule has 0 radical (unpaired) electrons. The van der Waals surface area contributed by atoms with Crippen molar-refractivity contribution in [3.05, 3.63) is 16.6 Å². The molecular weight excluding hydrogens is 250 g/mol. The van der Waals surface area contributed by atoms with Crippen molar-refractivity contribution in [2.45, 2.75) is 25.9 Å². The number of carbonyl (C=O) groups excluding carboxylic acids is 1. The van der Waals surface area contributed by atoms with Crippen molar-refractivity contribution in [3.8, 4) is 0 Å². The molecule has 2 unspecified atom stereocenters. The van der Waals surface area contributed by atoms with Gasteiger partial charge in [-0.25, -0.2) is 4.98 Å². The fourth-order valence-corrected chi connectivity index (χ4v) is 2.68. The fraction of sp³-hybridized carbons (Fsp3) is 0.667. The van der Waals surface area contributed by atoms with Crippen LogP contribution >= 0.6 is 11.3 Å². The van der Waals surface area contributed by atoms with Crippen molar-refractivity contribution >= 4 is 17.2 Å². The zero-order chi connectivity index (χ0) is 13.0. The summed E-state index contributed by atoms with van der Waals surface area (Å²) < 4.78 is 5.25. The Morgan fingerprint density at radius 2 is 2.22 bits per heavy atom. The van der Waals surface area contributed by atoms with Gasteiger partial charge in [0.1, 0.15) is 5.01 Å². The van der Waals surface area contributed by atoms with E-state index in [2.05, 4.69) is 10.3 Å². The Balaban J connectivity index is 1.86. The Bertz CT molecular complexity index is 377. The van der Waals surface area contributed by atoms with Crippen LogP contribution in [0.4, 0.5) is 0 Å². The first-order chi connectivity index (χ1) is 8.68. The molecule has 5 nitrogen and oxygen atoms in total. The standard InChI is InChI=1S/C12H19N3O2S/c1-9(11-13-3-8-18-11)14-10(2)12(16)15-4-6-17-7-5-15/h3,8-10,14H,4-7H2,1-2H3. The molecule has 2 atom stereocenters. The fourth-order valence-electron chi connectivity index (χ4n) is 2.02. The van der Waals surface area contributed by atoms with Gasteiger partial charge < -0.3 is 9.64 Å². The van der Waals surface area contributed by atoms with Gasteiger partial charge in [0.25, 0.3) is 0 Å². The lowest BCUT2D eigenvalue weighted by Gasteiger charge is -2.30. The summed E-state index contributed by atoms with van der Waals surface area (Å²) in [4.78, 5) is 18.3. The molecule has 0 bridgehead atoms. The van der Waals surface area contributed by atoms with E-state index in [4.69, 9.17) is 4.74 Å². The summed E-state index contributed by atoms with van der Waals surface area (Å²) in [5.41, 5.74) is 0. The van der Waals surface area contributed by atoms with Crippen LogP contribution in [0.5, 0.6) is 0 Å². The van der Waals surface area contributed by atoms with Gasteiger partial charge in [0.2, 0.25) is 5.91 Å². The highest BCUT2D eigenvalue weighted by Crippen LogP contribution is 2.15. The summed E-state index contributed by atoms with van der Waals surface area (Å²) in [5.74, 6) is 0.140. The van der Waals surface area contributed by atoms with Crippen LogP contribution < -0.4 is 5.32 Å². The molecule has 1 aromatic rings. The minimum absolute atomic E-state index is 0.102. The first kappa shape index (κ1) is 13.5. The van der Waals surface area contributed by atoms with Crippen molar-refractivity contribution in [1.82, 2.24) is 15.2 Å². The number of aromatic nitrogens is 1. The normalized spacial score (nSPS) is 19.6. The Morgan fingerprint density at radius 3 is 2.83 bits per heavy atom. The number of hydrogen-bond acceptors (Lipinski definition) is 5. The second-order valence-corrected chi connectivity index (χ2v) is 5.34. The second-order valence-electron chi connectivity index (χ2n) is 4.42. The number of carbonyl (C=O) groups is 1. The molecule has 18 heavy (non-hydrogen) atoms. The summed E-state index contributed by atoms with van der Waals surface area (Å²) in [5, 5.41) is 6.25. The minimum Gasteiger partial charge on any atom is -0.378 e. The van der Waals surface area contributed by atoms with Crippen LogP contribution in [0.2, 0.25) is 0 Å². The third-order valence-electron chi connectivity index (χ3n) is 3.02. The van der Waals surface area contributed by atoms with E-state index in [9.17, 15) is 4.79 Å². The highest BCUT2D eigenvalue weighted by molar-refractivity contribution is 7.09. The summed E-state index contributed by atoms with van der Waals surface area (Å²) in [6, 6.07) is -0.0907. The van der Waals surface area contributed by atoms with Crippen LogP contribution in [0.25, 0.3) is 0 Å². The average Bonchev–Trinajstić information content (AvgIpc) is 2.92. The van der Waals surface area contributed by atoms with E-state index in [0.717, 1.165) is 5.01 Å². The Kier molecular flexibility index (Phi) is 4.68. The van der Waals surface area contributed by atoms with Gasteiger partial charge in [-0.2, -0.15) is 0 Å². The van der Waals surface area contributed by atoms with Crippen LogP contribution in [-0.2, 0) is 9.53 Å². The van der Waals surface area contributed by atoms with Gasteiger partial charge >= 0.3 is 0 Å². The summed E-state index contributed by atoms with van der Waals surface area (Å²) in [7, 11) is 0. The molecule has 2 rings (SSSR count). The third kappa shape index (κ3) is 3.28. The van der Waals surface area contributed by atoms with E-state index >= 15 is 0 Å². The molecule has 1 N–H and O–H groups in total. The SMILES string of the molecule is CC(NC(C)c1nccs1)C(=O)N1CCOCC1. The highest BCUT2D eigenvalue weighted by atomic mass is 32.1. The molecule has 1 aliphatic rings. The average molecular weight is 269 g/mol. The van der Waals surface area contributed by atoms with Gasteiger partial charge in [-0.05, 0) is 13.8 Å². The smallest absolute Gasteiger partial charge is 0.239 e. The Morgan fingerprint density at radius 1 is 1.50 bits per heavy atom.